The Labute approximate surface area is 286 Å². The van der Waals surface area contributed by atoms with Crippen molar-refractivity contribution in [1.82, 2.24) is 0 Å². The first-order valence-corrected chi connectivity index (χ1v) is 22.7. The molecular weight excluding hydrogens is 553 g/mol. The van der Waals surface area contributed by atoms with Crippen molar-refractivity contribution < 1.29 is 0 Å². The molecule has 0 bridgehead atoms. The fourth-order valence-electron chi connectivity index (χ4n) is 17.7. The molecule has 0 nitrogen and oxygen atoms in total. The van der Waals surface area contributed by atoms with Gasteiger partial charge in [-0.3, -0.25) is 0 Å². The van der Waals surface area contributed by atoms with Gasteiger partial charge < -0.3 is 0 Å². The van der Waals surface area contributed by atoms with Gasteiger partial charge in [-0.1, -0.05) is 84.5 Å². The van der Waals surface area contributed by atoms with E-state index in [4.69, 9.17) is 0 Å². The van der Waals surface area contributed by atoms with Gasteiger partial charge in [0.05, 0.1) is 0 Å². The monoisotopic (exact) mass is 629 g/mol. The molecule has 0 amide bonds. The zero-order valence-electron chi connectivity index (χ0n) is 30.8. The van der Waals surface area contributed by atoms with E-state index >= 15 is 0 Å². The molecule has 0 aromatic carbocycles. The molecule has 46 heavy (non-hydrogen) atoms. The first kappa shape index (κ1) is 31.9. The Hall–Kier alpha value is 0. The summed E-state index contributed by atoms with van der Waals surface area (Å²) in [7, 11) is 0. The van der Waals surface area contributed by atoms with Crippen molar-refractivity contribution in [3.05, 3.63) is 0 Å². The van der Waals surface area contributed by atoms with E-state index in [0.29, 0.717) is 0 Å². The molecule has 0 radical (unpaired) electrons. The van der Waals surface area contributed by atoms with Crippen LogP contribution in [0, 0.1) is 107 Å². The largest absolute Gasteiger partial charge is 0.0620 e. The molecule has 18 unspecified atom stereocenters. The third-order valence-corrected chi connectivity index (χ3v) is 19.5. The van der Waals surface area contributed by atoms with Gasteiger partial charge in [-0.05, 0) is 203 Å². The lowest BCUT2D eigenvalue weighted by molar-refractivity contribution is -0.0977. The summed E-state index contributed by atoms with van der Waals surface area (Å²) in [6.07, 6.45) is 41.7. The van der Waals surface area contributed by atoms with Gasteiger partial charge in [-0.25, -0.2) is 0 Å². The highest BCUT2D eigenvalue weighted by Crippen LogP contribution is 2.63. The summed E-state index contributed by atoms with van der Waals surface area (Å²) >= 11 is 0. The fourth-order valence-corrected chi connectivity index (χ4v) is 17.7. The molecule has 0 spiro atoms. The van der Waals surface area contributed by atoms with Crippen molar-refractivity contribution in [1.29, 1.82) is 0 Å². The maximum atomic E-state index is 2.73. The van der Waals surface area contributed by atoms with Gasteiger partial charge in [-0.15, -0.1) is 0 Å². The summed E-state index contributed by atoms with van der Waals surface area (Å²) in [6.45, 7) is 5.43. The highest BCUT2D eigenvalue weighted by Gasteiger charge is 2.55. The number of fused-ring (bicyclic) bond motifs is 7. The van der Waals surface area contributed by atoms with Crippen LogP contribution in [0.25, 0.3) is 0 Å². The minimum atomic E-state index is 0.997. The number of hydrogen-bond donors (Lipinski definition) is 0. The highest BCUT2D eigenvalue weighted by atomic mass is 14.6. The molecule has 9 aliphatic rings. The van der Waals surface area contributed by atoms with Crippen LogP contribution in [-0.2, 0) is 0 Å². The first-order chi connectivity index (χ1) is 22.7. The van der Waals surface area contributed by atoms with Crippen molar-refractivity contribution >= 4 is 0 Å². The van der Waals surface area contributed by atoms with Gasteiger partial charge in [0.2, 0.25) is 0 Å². The second-order valence-corrected chi connectivity index (χ2v) is 20.6. The zero-order chi connectivity index (χ0) is 30.8. The van der Waals surface area contributed by atoms with Crippen LogP contribution in [-0.4, -0.2) is 0 Å². The summed E-state index contributed by atoms with van der Waals surface area (Å²) in [5.41, 5.74) is 0. The Morgan fingerprint density at radius 3 is 1.09 bits per heavy atom. The van der Waals surface area contributed by atoms with E-state index < -0.39 is 0 Å². The molecule has 9 rings (SSSR count). The minimum Gasteiger partial charge on any atom is -0.0620 e. The summed E-state index contributed by atoms with van der Waals surface area (Å²) in [6, 6.07) is 0. The summed E-state index contributed by atoms with van der Waals surface area (Å²) in [5.74, 6) is 19.8. The lowest BCUT2D eigenvalue weighted by Crippen LogP contribution is -2.51. The molecule has 260 valence electrons. The minimum absolute atomic E-state index is 0.997. The molecule has 0 aliphatic heterocycles. The van der Waals surface area contributed by atoms with Crippen molar-refractivity contribution in [2.24, 2.45) is 107 Å². The van der Waals surface area contributed by atoms with Crippen molar-refractivity contribution in [2.45, 2.75) is 181 Å². The molecule has 18 atom stereocenters. The number of hydrogen-bond acceptors (Lipinski definition) is 0. The van der Waals surface area contributed by atoms with Gasteiger partial charge in [0.1, 0.15) is 0 Å². The van der Waals surface area contributed by atoms with E-state index in [9.17, 15) is 0 Å². The lowest BCUT2D eigenvalue weighted by Gasteiger charge is -2.59. The van der Waals surface area contributed by atoms with Crippen molar-refractivity contribution in [3.8, 4) is 0 Å². The Bertz CT molecular complexity index is 1010. The molecule has 9 saturated carbocycles. The average molecular weight is 629 g/mol. The van der Waals surface area contributed by atoms with Crippen LogP contribution in [0.3, 0.4) is 0 Å². The molecule has 9 aliphatic carbocycles. The van der Waals surface area contributed by atoms with Crippen molar-refractivity contribution in [3.63, 3.8) is 0 Å². The Morgan fingerprint density at radius 1 is 0.217 bits per heavy atom. The van der Waals surface area contributed by atoms with Gasteiger partial charge in [-0.2, -0.15) is 0 Å². The van der Waals surface area contributed by atoms with Crippen LogP contribution in [0.4, 0.5) is 0 Å². The predicted molar refractivity (Wildman–Crippen MR) is 194 cm³/mol. The quantitative estimate of drug-likeness (QED) is 0.292. The molecule has 0 heteroatoms. The fraction of sp³-hybridized carbons (Fsp3) is 1.00. The van der Waals surface area contributed by atoms with E-state index in [0.717, 1.165) is 107 Å². The van der Waals surface area contributed by atoms with Crippen molar-refractivity contribution in [2.75, 3.05) is 0 Å². The molecule has 0 N–H and O–H groups in total. The Balaban J connectivity index is 0.932. The normalized spacial score (nSPS) is 56.0. The van der Waals surface area contributed by atoms with Gasteiger partial charge in [0.25, 0.3) is 0 Å². The maximum Gasteiger partial charge on any atom is -0.0349 e. The van der Waals surface area contributed by atoms with Crippen LogP contribution >= 0.6 is 0 Å². The van der Waals surface area contributed by atoms with E-state index in [1.165, 1.54) is 6.42 Å². The van der Waals surface area contributed by atoms with Crippen LogP contribution in [0.2, 0.25) is 0 Å². The van der Waals surface area contributed by atoms with Gasteiger partial charge >= 0.3 is 0 Å². The van der Waals surface area contributed by atoms with Gasteiger partial charge in [0, 0.05) is 0 Å². The van der Waals surface area contributed by atoms with Crippen LogP contribution in [0.5, 0.6) is 0 Å². The molecule has 0 heterocycles. The smallest absolute Gasteiger partial charge is 0.0349 e. The molecular formula is C46H76. The van der Waals surface area contributed by atoms with Gasteiger partial charge in [0.15, 0.2) is 0 Å². The zero-order valence-corrected chi connectivity index (χ0v) is 30.8. The molecule has 9 fully saturated rings. The SMILES string of the molecule is CC1C(C)C2CC(C3CCC(C4CCCCC4C4CC5CCCCC5C5CCCCC54)C4CCCCC34)CCC2C2CCCCC12. The van der Waals surface area contributed by atoms with Crippen LogP contribution in [0.1, 0.15) is 181 Å². The Kier molecular flexibility index (Phi) is 9.45. The second kappa shape index (κ2) is 13.6. The summed E-state index contributed by atoms with van der Waals surface area (Å²) in [4.78, 5) is 0. The van der Waals surface area contributed by atoms with Crippen LogP contribution < -0.4 is 0 Å². The average Bonchev–Trinajstić information content (AvgIpc) is 3.13. The summed E-state index contributed by atoms with van der Waals surface area (Å²) in [5, 5.41) is 0. The maximum absolute atomic E-state index is 2.73. The standard InChI is InChI=1S/C46H76/c1-29-30(2)45-27-32(23-24-44(45)36-16-6-5-14-33(29)36)35-25-26-43(39-19-9-7-18-38(35)39)40-20-10-12-22-42(40)46-28-31-13-3-4-15-34(31)37-17-8-11-21-41(37)46/h29-46H,3-28H2,1-2H3. The van der Waals surface area contributed by atoms with E-state index in [1.54, 1.807) is 161 Å². The molecule has 0 aromatic heterocycles. The second-order valence-electron chi connectivity index (χ2n) is 20.6. The highest BCUT2D eigenvalue weighted by molar-refractivity contribution is 5.04. The summed E-state index contributed by atoms with van der Waals surface area (Å²) < 4.78 is 0. The lowest BCUT2D eigenvalue weighted by atomic mass is 9.46. The van der Waals surface area contributed by atoms with Crippen LogP contribution in [0.15, 0.2) is 0 Å². The molecule has 0 aromatic rings. The van der Waals surface area contributed by atoms with E-state index in [1.807, 2.05) is 0 Å². The molecule has 0 saturated heterocycles. The predicted octanol–water partition coefficient (Wildman–Crippen LogP) is 13.4. The number of rotatable bonds is 3. The van der Waals surface area contributed by atoms with E-state index in [2.05, 4.69) is 13.8 Å². The third kappa shape index (κ3) is 5.56. The Morgan fingerprint density at radius 2 is 0.500 bits per heavy atom. The third-order valence-electron chi connectivity index (χ3n) is 19.5. The van der Waals surface area contributed by atoms with E-state index in [-0.39, 0.29) is 0 Å². The topological polar surface area (TPSA) is 0 Å². The first-order valence-electron chi connectivity index (χ1n) is 22.7.